The molecular formula is C23H24FN3O2. The number of hydrogen-bond donors (Lipinski definition) is 1. The number of carbonyl (C=O) groups excluding carboxylic acids is 1. The van der Waals surface area contributed by atoms with E-state index in [-0.39, 0.29) is 11.7 Å². The van der Waals surface area contributed by atoms with Crippen molar-refractivity contribution in [2.75, 3.05) is 27.2 Å². The van der Waals surface area contributed by atoms with Crippen molar-refractivity contribution in [1.82, 2.24) is 15.1 Å². The molecule has 4 rings (SSSR count). The van der Waals surface area contributed by atoms with E-state index in [1.165, 1.54) is 13.2 Å². The summed E-state index contributed by atoms with van der Waals surface area (Å²) in [5, 5.41) is 3.31. The number of carbonyl (C=O) groups is 1. The van der Waals surface area contributed by atoms with Crippen molar-refractivity contribution in [2.45, 2.75) is 12.5 Å². The van der Waals surface area contributed by atoms with Gasteiger partial charge in [0.15, 0.2) is 11.6 Å². The number of nitrogens with one attached hydrogen (secondary N) is 1. The average Bonchev–Trinajstić information content (AvgIpc) is 3.21. The van der Waals surface area contributed by atoms with Crippen molar-refractivity contribution in [1.29, 1.82) is 0 Å². The molecule has 1 aromatic carbocycles. The Hall–Kier alpha value is -3.12. The van der Waals surface area contributed by atoms with Gasteiger partial charge in [0, 0.05) is 37.1 Å². The third kappa shape index (κ3) is 3.89. The van der Waals surface area contributed by atoms with Crippen molar-refractivity contribution in [2.24, 2.45) is 0 Å². The molecule has 29 heavy (non-hydrogen) atoms. The molecule has 0 radical (unpaired) electrons. The minimum Gasteiger partial charge on any atom is -0.494 e. The van der Waals surface area contributed by atoms with Crippen LogP contribution in [0.3, 0.4) is 0 Å². The summed E-state index contributed by atoms with van der Waals surface area (Å²) in [5.74, 6) is -0.448. The van der Waals surface area contributed by atoms with Gasteiger partial charge in [-0.15, -0.1) is 0 Å². The number of nitrogens with zero attached hydrogens (tertiary/aromatic N) is 2. The summed E-state index contributed by atoms with van der Waals surface area (Å²) >= 11 is 0. The van der Waals surface area contributed by atoms with E-state index in [0.717, 1.165) is 30.9 Å². The Balaban J connectivity index is 1.62. The lowest BCUT2D eigenvalue weighted by Crippen LogP contribution is -2.32. The molecular weight excluding hydrogens is 369 g/mol. The first-order chi connectivity index (χ1) is 14.1. The van der Waals surface area contributed by atoms with E-state index in [1.54, 1.807) is 23.1 Å². The Kier molecular flexibility index (Phi) is 5.36. The standard InChI is InChI=1S/C23H24FN3O2/c1-25-18-10-11-26(14-18)20-8-7-19-5-3-4-16(13-23(28)27(19)15-20)17-6-9-22(29-2)21(24)12-17/h3-9,12-13,15,18,25H,10-11,14H2,1-2H3/b4-3+,16-13+,19-5+/t18-/m0/s1. The summed E-state index contributed by atoms with van der Waals surface area (Å²) in [4.78, 5) is 16.9. The summed E-state index contributed by atoms with van der Waals surface area (Å²) in [7, 11) is 3.40. The highest BCUT2D eigenvalue weighted by molar-refractivity contribution is 5.99. The topological polar surface area (TPSA) is 44.8 Å². The zero-order valence-electron chi connectivity index (χ0n) is 16.6. The average molecular weight is 393 g/mol. The van der Waals surface area contributed by atoms with Gasteiger partial charge in [-0.2, -0.15) is 0 Å². The Morgan fingerprint density at radius 1 is 1.21 bits per heavy atom. The second kappa shape index (κ2) is 8.09. The van der Waals surface area contributed by atoms with Crippen LogP contribution in [0.2, 0.25) is 0 Å². The van der Waals surface area contributed by atoms with Crippen LogP contribution in [-0.4, -0.2) is 49.0 Å². The molecule has 0 aromatic heterocycles. The van der Waals surface area contributed by atoms with Gasteiger partial charge in [-0.3, -0.25) is 9.69 Å². The van der Waals surface area contributed by atoms with E-state index in [9.17, 15) is 9.18 Å². The minimum atomic E-state index is -0.457. The molecule has 1 amide bonds. The SMILES string of the molecule is CN[C@H]1CCN(C2=CN3C(=O)\C=C(c4ccc(OC)c(F)c4)/C=C/C=C/3C=C2)C1. The summed E-state index contributed by atoms with van der Waals surface area (Å²) in [5.41, 5.74) is 3.09. The molecule has 1 atom stereocenters. The number of fused-ring (bicyclic) bond motifs is 1. The minimum absolute atomic E-state index is 0.168. The van der Waals surface area contributed by atoms with Gasteiger partial charge in [-0.1, -0.05) is 18.2 Å². The normalized spacial score (nSPS) is 26.0. The third-order valence-corrected chi connectivity index (χ3v) is 5.47. The fourth-order valence-electron chi connectivity index (χ4n) is 3.77. The van der Waals surface area contributed by atoms with Crippen molar-refractivity contribution in [3.8, 4) is 5.75 Å². The maximum absolute atomic E-state index is 14.1. The van der Waals surface area contributed by atoms with E-state index >= 15 is 0 Å². The molecule has 0 unspecified atom stereocenters. The van der Waals surface area contributed by atoms with E-state index in [0.29, 0.717) is 17.2 Å². The van der Waals surface area contributed by atoms with Crippen LogP contribution >= 0.6 is 0 Å². The quantitative estimate of drug-likeness (QED) is 0.853. The zero-order valence-corrected chi connectivity index (χ0v) is 16.6. The van der Waals surface area contributed by atoms with E-state index < -0.39 is 5.82 Å². The summed E-state index contributed by atoms with van der Waals surface area (Å²) in [6.45, 7) is 1.87. The van der Waals surface area contributed by atoms with Crippen molar-refractivity contribution < 1.29 is 13.9 Å². The van der Waals surface area contributed by atoms with E-state index in [1.807, 2.05) is 43.6 Å². The molecule has 0 bridgehead atoms. The van der Waals surface area contributed by atoms with Gasteiger partial charge in [0.2, 0.25) is 0 Å². The lowest BCUT2D eigenvalue weighted by atomic mass is 10.0. The molecule has 5 nitrogen and oxygen atoms in total. The van der Waals surface area contributed by atoms with Crippen LogP contribution in [0.25, 0.3) is 5.57 Å². The number of likely N-dealkylation sites (tertiary alicyclic amines) is 1. The number of halogens is 1. The fraction of sp³-hybridized carbons (Fsp3) is 0.261. The maximum atomic E-state index is 14.1. The van der Waals surface area contributed by atoms with Crippen LogP contribution in [0.15, 0.2) is 72.2 Å². The highest BCUT2D eigenvalue weighted by atomic mass is 19.1. The zero-order chi connectivity index (χ0) is 20.4. The molecule has 0 saturated carbocycles. The second-order valence-corrected chi connectivity index (χ2v) is 7.22. The molecule has 3 aliphatic heterocycles. The highest BCUT2D eigenvalue weighted by Gasteiger charge is 2.25. The van der Waals surface area contributed by atoms with Crippen LogP contribution in [0.5, 0.6) is 5.75 Å². The number of benzene rings is 1. The van der Waals surface area contributed by atoms with Crippen LogP contribution in [0.1, 0.15) is 12.0 Å². The number of allylic oxidation sites excluding steroid dienone is 6. The highest BCUT2D eigenvalue weighted by Crippen LogP contribution is 2.28. The molecule has 6 heteroatoms. The summed E-state index contributed by atoms with van der Waals surface area (Å²) in [6.07, 6.45) is 14.1. The van der Waals surface area contributed by atoms with Gasteiger partial charge in [-0.05, 0) is 55.0 Å². The Morgan fingerprint density at radius 2 is 2.03 bits per heavy atom. The number of rotatable bonds is 4. The molecule has 150 valence electrons. The van der Waals surface area contributed by atoms with Crippen molar-refractivity contribution in [3.63, 3.8) is 0 Å². The molecule has 1 fully saturated rings. The maximum Gasteiger partial charge on any atom is 0.255 e. The summed E-state index contributed by atoms with van der Waals surface area (Å²) < 4.78 is 19.1. The molecule has 3 aliphatic rings. The van der Waals surface area contributed by atoms with Crippen LogP contribution in [0, 0.1) is 5.82 Å². The largest absolute Gasteiger partial charge is 0.494 e. The van der Waals surface area contributed by atoms with Gasteiger partial charge in [0.1, 0.15) is 0 Å². The first-order valence-corrected chi connectivity index (χ1v) is 9.68. The van der Waals surface area contributed by atoms with Gasteiger partial charge in [0.25, 0.3) is 5.91 Å². The Labute approximate surface area is 170 Å². The first-order valence-electron chi connectivity index (χ1n) is 9.68. The number of methoxy groups -OCH3 is 1. The number of hydrogen-bond acceptors (Lipinski definition) is 4. The van der Waals surface area contributed by atoms with E-state index in [2.05, 4.69) is 10.2 Å². The number of likely N-dealkylation sites (N-methyl/N-ethyl adjacent to an activating group) is 1. The molecule has 1 aromatic rings. The number of amides is 1. The smallest absolute Gasteiger partial charge is 0.255 e. The van der Waals surface area contributed by atoms with E-state index in [4.69, 9.17) is 4.74 Å². The molecule has 1 N–H and O–H groups in total. The first kappa shape index (κ1) is 19.2. The lowest BCUT2D eigenvalue weighted by Gasteiger charge is -2.28. The van der Waals surface area contributed by atoms with Crippen molar-refractivity contribution in [3.05, 3.63) is 83.6 Å². The van der Waals surface area contributed by atoms with Crippen LogP contribution in [0.4, 0.5) is 4.39 Å². The molecule has 3 heterocycles. The fourth-order valence-corrected chi connectivity index (χ4v) is 3.77. The third-order valence-electron chi connectivity index (χ3n) is 5.47. The van der Waals surface area contributed by atoms with Gasteiger partial charge in [0.05, 0.1) is 12.8 Å². The summed E-state index contributed by atoms with van der Waals surface area (Å²) in [6, 6.07) is 5.16. The lowest BCUT2D eigenvalue weighted by molar-refractivity contribution is -0.122. The monoisotopic (exact) mass is 393 g/mol. The molecule has 1 saturated heterocycles. The number of ether oxygens (including phenoxy) is 1. The van der Waals surface area contributed by atoms with Gasteiger partial charge >= 0.3 is 0 Å². The molecule has 0 aliphatic carbocycles. The van der Waals surface area contributed by atoms with Crippen LogP contribution in [-0.2, 0) is 4.79 Å². The second-order valence-electron chi connectivity index (χ2n) is 7.22. The Morgan fingerprint density at radius 3 is 2.76 bits per heavy atom. The van der Waals surface area contributed by atoms with Gasteiger partial charge < -0.3 is 15.0 Å². The Bertz CT molecular complexity index is 974. The predicted octanol–water partition coefficient (Wildman–Crippen LogP) is 3.20. The van der Waals surface area contributed by atoms with Crippen LogP contribution < -0.4 is 10.1 Å². The van der Waals surface area contributed by atoms with Gasteiger partial charge in [-0.25, -0.2) is 4.39 Å². The predicted molar refractivity (Wildman–Crippen MR) is 111 cm³/mol. The molecule has 0 spiro atoms. The van der Waals surface area contributed by atoms with Crippen molar-refractivity contribution >= 4 is 11.5 Å².